The number of amides is 2. The summed E-state index contributed by atoms with van der Waals surface area (Å²) in [7, 11) is 0. The van der Waals surface area contributed by atoms with E-state index in [0.717, 1.165) is 5.56 Å². The number of aromatic nitrogens is 1. The van der Waals surface area contributed by atoms with Gasteiger partial charge in [-0.25, -0.2) is 4.98 Å². The van der Waals surface area contributed by atoms with Crippen LogP contribution >= 0.6 is 0 Å². The van der Waals surface area contributed by atoms with Gasteiger partial charge in [0.1, 0.15) is 5.76 Å². The number of benzene rings is 1. The van der Waals surface area contributed by atoms with Gasteiger partial charge in [-0.3, -0.25) is 9.59 Å². The average Bonchev–Trinajstić information content (AvgIpc) is 2.96. The molecule has 0 saturated carbocycles. The number of piperidine rings is 1. The lowest BCUT2D eigenvalue weighted by Gasteiger charge is -2.30. The van der Waals surface area contributed by atoms with Crippen molar-refractivity contribution in [2.45, 2.75) is 33.1 Å². The third-order valence-corrected chi connectivity index (χ3v) is 4.76. The molecule has 6 nitrogen and oxygen atoms in total. The van der Waals surface area contributed by atoms with Crippen molar-refractivity contribution in [3.63, 3.8) is 0 Å². The number of aryl methyl sites for hydroxylation is 2. The second-order valence-electron chi connectivity index (χ2n) is 6.62. The number of nitrogens with zero attached hydrogens (tertiary/aromatic N) is 2. The maximum absolute atomic E-state index is 12.5. The van der Waals surface area contributed by atoms with Crippen molar-refractivity contribution in [2.24, 2.45) is 11.7 Å². The van der Waals surface area contributed by atoms with Crippen LogP contribution in [0, 0.1) is 19.8 Å². The molecule has 2 aromatic rings. The number of likely N-dealkylation sites (tertiary alicyclic amines) is 1. The van der Waals surface area contributed by atoms with Gasteiger partial charge in [-0.1, -0.05) is 17.7 Å². The molecule has 1 aliphatic heterocycles. The molecular formula is C19H23N3O3. The van der Waals surface area contributed by atoms with Gasteiger partial charge in [0.15, 0.2) is 0 Å². The summed E-state index contributed by atoms with van der Waals surface area (Å²) < 4.78 is 5.73. The quantitative estimate of drug-likeness (QED) is 0.923. The Morgan fingerprint density at radius 1 is 1.20 bits per heavy atom. The number of rotatable bonds is 4. The highest BCUT2D eigenvalue weighted by atomic mass is 16.4. The number of hydrogen-bond acceptors (Lipinski definition) is 4. The van der Waals surface area contributed by atoms with Gasteiger partial charge in [0.25, 0.3) is 0 Å². The fourth-order valence-electron chi connectivity index (χ4n) is 3.08. The smallest absolute Gasteiger partial charge is 0.228 e. The van der Waals surface area contributed by atoms with Gasteiger partial charge in [-0.15, -0.1) is 0 Å². The van der Waals surface area contributed by atoms with E-state index in [0.29, 0.717) is 43.3 Å². The van der Waals surface area contributed by atoms with Crippen LogP contribution in [0.5, 0.6) is 0 Å². The lowest BCUT2D eigenvalue weighted by molar-refractivity contribution is -0.134. The molecule has 0 aliphatic carbocycles. The molecule has 2 N–H and O–H groups in total. The van der Waals surface area contributed by atoms with E-state index in [9.17, 15) is 9.59 Å². The molecule has 132 valence electrons. The molecule has 0 unspecified atom stereocenters. The zero-order chi connectivity index (χ0) is 18.0. The zero-order valence-electron chi connectivity index (χ0n) is 14.6. The van der Waals surface area contributed by atoms with Crippen molar-refractivity contribution in [1.82, 2.24) is 9.88 Å². The first-order valence-corrected chi connectivity index (χ1v) is 8.54. The maximum atomic E-state index is 12.5. The van der Waals surface area contributed by atoms with E-state index in [-0.39, 0.29) is 24.2 Å². The maximum Gasteiger partial charge on any atom is 0.228 e. The molecule has 0 atom stereocenters. The van der Waals surface area contributed by atoms with Crippen LogP contribution in [-0.4, -0.2) is 34.8 Å². The van der Waals surface area contributed by atoms with Gasteiger partial charge < -0.3 is 15.1 Å². The Morgan fingerprint density at radius 3 is 2.44 bits per heavy atom. The first-order chi connectivity index (χ1) is 11.9. The Morgan fingerprint density at radius 2 is 1.84 bits per heavy atom. The lowest BCUT2D eigenvalue weighted by atomic mass is 9.96. The van der Waals surface area contributed by atoms with Crippen molar-refractivity contribution in [2.75, 3.05) is 13.1 Å². The van der Waals surface area contributed by atoms with Crippen LogP contribution < -0.4 is 5.73 Å². The van der Waals surface area contributed by atoms with Crippen molar-refractivity contribution in [1.29, 1.82) is 0 Å². The fourth-order valence-corrected chi connectivity index (χ4v) is 3.08. The minimum Gasteiger partial charge on any atom is -0.441 e. The third-order valence-electron chi connectivity index (χ3n) is 4.76. The van der Waals surface area contributed by atoms with Crippen LogP contribution in [-0.2, 0) is 16.0 Å². The Bertz CT molecular complexity index is 772. The highest BCUT2D eigenvalue weighted by molar-refractivity contribution is 5.80. The fraction of sp³-hybridized carbons (Fsp3) is 0.421. The predicted molar refractivity (Wildman–Crippen MR) is 93.6 cm³/mol. The van der Waals surface area contributed by atoms with Gasteiger partial charge >= 0.3 is 0 Å². The summed E-state index contributed by atoms with van der Waals surface area (Å²) in [5, 5.41) is 0. The van der Waals surface area contributed by atoms with E-state index in [4.69, 9.17) is 10.2 Å². The summed E-state index contributed by atoms with van der Waals surface area (Å²) in [6, 6.07) is 7.92. The monoisotopic (exact) mass is 341 g/mol. The van der Waals surface area contributed by atoms with Crippen molar-refractivity contribution >= 4 is 11.8 Å². The molecule has 1 aromatic carbocycles. The number of carbonyl (C=O) groups is 2. The van der Waals surface area contributed by atoms with E-state index in [2.05, 4.69) is 4.98 Å². The molecule has 1 aliphatic rings. The zero-order valence-corrected chi connectivity index (χ0v) is 14.6. The first kappa shape index (κ1) is 17.2. The molecular weight excluding hydrogens is 318 g/mol. The molecule has 1 fully saturated rings. The Kier molecular flexibility index (Phi) is 4.88. The molecule has 25 heavy (non-hydrogen) atoms. The van der Waals surface area contributed by atoms with Gasteiger partial charge in [0.2, 0.25) is 17.7 Å². The van der Waals surface area contributed by atoms with Crippen molar-refractivity contribution in [3.05, 3.63) is 41.3 Å². The molecule has 0 bridgehead atoms. The third kappa shape index (κ3) is 3.90. The van der Waals surface area contributed by atoms with Crippen LogP contribution in [0.3, 0.4) is 0 Å². The number of nitrogens with two attached hydrogens (primary N) is 1. The number of primary amides is 1. The van der Waals surface area contributed by atoms with E-state index < -0.39 is 0 Å². The van der Waals surface area contributed by atoms with Crippen molar-refractivity contribution in [3.8, 4) is 11.5 Å². The van der Waals surface area contributed by atoms with E-state index in [1.54, 1.807) is 4.90 Å². The van der Waals surface area contributed by atoms with Crippen LogP contribution in [0.4, 0.5) is 0 Å². The highest BCUT2D eigenvalue weighted by Gasteiger charge is 2.26. The van der Waals surface area contributed by atoms with Gasteiger partial charge in [0, 0.05) is 24.6 Å². The minimum absolute atomic E-state index is 0.00905. The molecule has 6 heteroatoms. The van der Waals surface area contributed by atoms with Crippen LogP contribution in [0.15, 0.2) is 28.7 Å². The summed E-state index contributed by atoms with van der Waals surface area (Å²) in [4.78, 5) is 30.0. The van der Waals surface area contributed by atoms with E-state index in [1.807, 2.05) is 38.1 Å². The summed E-state index contributed by atoms with van der Waals surface area (Å²) in [5.41, 5.74) is 8.07. The normalized spacial score (nSPS) is 15.4. The van der Waals surface area contributed by atoms with E-state index >= 15 is 0 Å². The molecule has 3 rings (SSSR count). The molecule has 1 saturated heterocycles. The minimum atomic E-state index is -0.276. The Balaban J connectivity index is 1.66. The van der Waals surface area contributed by atoms with Crippen LogP contribution in [0.2, 0.25) is 0 Å². The summed E-state index contributed by atoms with van der Waals surface area (Å²) in [6.45, 7) is 4.98. The summed E-state index contributed by atoms with van der Waals surface area (Å²) >= 11 is 0. The number of hydrogen-bond donors (Lipinski definition) is 1. The SMILES string of the molecule is Cc1ccc(-c2nc(CC(=O)N3CCC(C(N)=O)CC3)c(C)o2)cc1. The first-order valence-electron chi connectivity index (χ1n) is 8.54. The highest BCUT2D eigenvalue weighted by Crippen LogP contribution is 2.23. The van der Waals surface area contributed by atoms with E-state index in [1.165, 1.54) is 5.56 Å². The largest absolute Gasteiger partial charge is 0.441 e. The summed E-state index contributed by atoms with van der Waals surface area (Å²) in [5.74, 6) is 0.812. The Hall–Kier alpha value is -2.63. The topological polar surface area (TPSA) is 89.4 Å². The second-order valence-corrected chi connectivity index (χ2v) is 6.62. The molecule has 1 aromatic heterocycles. The standard InChI is InChI=1S/C19H23N3O3/c1-12-3-5-15(6-4-12)19-21-16(13(2)25-19)11-17(23)22-9-7-14(8-10-22)18(20)24/h3-6,14H,7-11H2,1-2H3,(H2,20,24). The lowest BCUT2D eigenvalue weighted by Crippen LogP contribution is -2.42. The molecule has 0 radical (unpaired) electrons. The average molecular weight is 341 g/mol. The van der Waals surface area contributed by atoms with Gasteiger partial charge in [-0.2, -0.15) is 0 Å². The number of oxazole rings is 1. The van der Waals surface area contributed by atoms with Crippen LogP contribution in [0.1, 0.15) is 29.9 Å². The molecule has 2 heterocycles. The van der Waals surface area contributed by atoms with Crippen molar-refractivity contribution < 1.29 is 14.0 Å². The second kappa shape index (κ2) is 7.09. The molecule has 0 spiro atoms. The predicted octanol–water partition coefficient (Wildman–Crippen LogP) is 2.22. The molecule has 2 amide bonds. The Labute approximate surface area is 147 Å². The summed E-state index contributed by atoms with van der Waals surface area (Å²) in [6.07, 6.45) is 1.48. The number of carbonyl (C=O) groups excluding carboxylic acids is 2. The van der Waals surface area contributed by atoms with Crippen LogP contribution in [0.25, 0.3) is 11.5 Å². The van der Waals surface area contributed by atoms with Gasteiger partial charge in [0.05, 0.1) is 12.1 Å². The van der Waals surface area contributed by atoms with Gasteiger partial charge in [-0.05, 0) is 38.8 Å².